The number of piperazine rings is 1. The number of hydrogen-bond donors (Lipinski definition) is 0. The van der Waals surface area contributed by atoms with Gasteiger partial charge in [0.25, 0.3) is 6.01 Å². The van der Waals surface area contributed by atoms with Gasteiger partial charge in [0.2, 0.25) is 10.0 Å². The summed E-state index contributed by atoms with van der Waals surface area (Å²) in [5.41, 5.74) is 0.118. The third kappa shape index (κ3) is 3.28. The first-order chi connectivity index (χ1) is 9.41. The van der Waals surface area contributed by atoms with Crippen LogP contribution in [0, 0.1) is 0 Å². The number of carbonyl (C=O) groups is 1. The van der Waals surface area contributed by atoms with Crippen LogP contribution in [0.2, 0.25) is 0 Å². The van der Waals surface area contributed by atoms with E-state index in [1.807, 2.05) is 0 Å². The van der Waals surface area contributed by atoms with E-state index < -0.39 is 16.0 Å². The van der Waals surface area contributed by atoms with Gasteiger partial charge in [0, 0.05) is 26.2 Å². The maximum Gasteiger partial charge on any atom is 0.360 e. The number of anilines is 1. The maximum atomic E-state index is 11.5. The summed E-state index contributed by atoms with van der Waals surface area (Å²) in [4.78, 5) is 17.3. The molecule has 1 fully saturated rings. The summed E-state index contributed by atoms with van der Waals surface area (Å²) in [6, 6.07) is 0.307. The SMILES string of the molecule is CCOC(=O)c1coc(N2CCN(S(C)(=O)=O)CC2)n1. The van der Waals surface area contributed by atoms with E-state index in [9.17, 15) is 13.2 Å². The van der Waals surface area contributed by atoms with Gasteiger partial charge in [-0.15, -0.1) is 0 Å². The van der Waals surface area contributed by atoms with Gasteiger partial charge < -0.3 is 14.1 Å². The molecule has 9 heteroatoms. The summed E-state index contributed by atoms with van der Waals surface area (Å²) in [6.45, 7) is 3.66. The molecule has 1 aliphatic rings. The van der Waals surface area contributed by atoms with Crippen LogP contribution in [0.1, 0.15) is 17.4 Å². The van der Waals surface area contributed by atoms with Gasteiger partial charge in [0.1, 0.15) is 6.26 Å². The molecule has 0 saturated carbocycles. The number of carbonyl (C=O) groups excluding carboxylic acids is 1. The molecular formula is C11H17N3O5S. The Morgan fingerprint density at radius 1 is 1.40 bits per heavy atom. The van der Waals surface area contributed by atoms with Crippen molar-refractivity contribution in [2.45, 2.75) is 6.92 Å². The van der Waals surface area contributed by atoms with Crippen molar-refractivity contribution < 1.29 is 22.4 Å². The molecule has 0 bridgehead atoms. The number of ether oxygens (including phenoxy) is 1. The second-order valence-electron chi connectivity index (χ2n) is 4.38. The second kappa shape index (κ2) is 5.80. The fourth-order valence-corrected chi connectivity index (χ4v) is 2.75. The van der Waals surface area contributed by atoms with E-state index in [0.717, 1.165) is 0 Å². The molecule has 2 heterocycles. The average Bonchev–Trinajstić information content (AvgIpc) is 2.88. The van der Waals surface area contributed by atoms with Crippen LogP contribution < -0.4 is 4.90 Å². The Morgan fingerprint density at radius 2 is 2.05 bits per heavy atom. The number of oxazole rings is 1. The van der Waals surface area contributed by atoms with Crippen molar-refractivity contribution in [3.05, 3.63) is 12.0 Å². The predicted octanol–water partition coefficient (Wildman–Crippen LogP) is -0.0671. The Kier molecular flexibility index (Phi) is 4.29. The van der Waals surface area contributed by atoms with E-state index in [1.54, 1.807) is 11.8 Å². The van der Waals surface area contributed by atoms with Crippen molar-refractivity contribution in [1.82, 2.24) is 9.29 Å². The molecule has 1 aromatic rings. The maximum absolute atomic E-state index is 11.5. The zero-order valence-electron chi connectivity index (χ0n) is 11.4. The highest BCUT2D eigenvalue weighted by Gasteiger charge is 2.26. The van der Waals surface area contributed by atoms with Gasteiger partial charge >= 0.3 is 5.97 Å². The van der Waals surface area contributed by atoms with E-state index in [-0.39, 0.29) is 12.3 Å². The molecular weight excluding hydrogens is 286 g/mol. The molecule has 0 unspecified atom stereocenters. The first-order valence-corrected chi connectivity index (χ1v) is 8.09. The molecule has 0 aliphatic carbocycles. The topological polar surface area (TPSA) is 93.0 Å². The molecule has 2 rings (SSSR count). The van der Waals surface area contributed by atoms with E-state index in [4.69, 9.17) is 9.15 Å². The van der Waals surface area contributed by atoms with Crippen LogP contribution in [-0.2, 0) is 14.8 Å². The van der Waals surface area contributed by atoms with Gasteiger partial charge in [0.05, 0.1) is 12.9 Å². The lowest BCUT2D eigenvalue weighted by Gasteiger charge is -2.32. The third-order valence-corrected chi connectivity index (χ3v) is 4.26. The fourth-order valence-electron chi connectivity index (χ4n) is 1.92. The number of hydrogen-bond acceptors (Lipinski definition) is 7. The lowest BCUT2D eigenvalue weighted by molar-refractivity contribution is 0.0519. The van der Waals surface area contributed by atoms with Crippen LogP contribution in [0.25, 0.3) is 0 Å². The smallest absolute Gasteiger partial charge is 0.360 e. The van der Waals surface area contributed by atoms with Crippen LogP contribution >= 0.6 is 0 Å². The van der Waals surface area contributed by atoms with Crippen molar-refractivity contribution in [2.24, 2.45) is 0 Å². The highest BCUT2D eigenvalue weighted by Crippen LogP contribution is 2.17. The van der Waals surface area contributed by atoms with Crippen LogP contribution in [0.4, 0.5) is 6.01 Å². The number of sulfonamides is 1. The summed E-state index contributed by atoms with van der Waals surface area (Å²) in [6.07, 6.45) is 2.43. The van der Waals surface area contributed by atoms with Gasteiger partial charge in [-0.2, -0.15) is 9.29 Å². The first kappa shape index (κ1) is 14.8. The van der Waals surface area contributed by atoms with Crippen molar-refractivity contribution in [3.63, 3.8) is 0 Å². The zero-order valence-corrected chi connectivity index (χ0v) is 12.2. The second-order valence-corrected chi connectivity index (χ2v) is 6.37. The molecule has 1 saturated heterocycles. The minimum Gasteiger partial charge on any atom is -0.461 e. The lowest BCUT2D eigenvalue weighted by atomic mass is 10.4. The van der Waals surface area contributed by atoms with Crippen molar-refractivity contribution in [2.75, 3.05) is 43.9 Å². The monoisotopic (exact) mass is 303 g/mol. The molecule has 0 spiro atoms. The van der Waals surface area contributed by atoms with E-state index in [1.165, 1.54) is 16.8 Å². The zero-order chi connectivity index (χ0) is 14.8. The summed E-state index contributed by atoms with van der Waals surface area (Å²) >= 11 is 0. The van der Waals surface area contributed by atoms with Crippen molar-refractivity contribution >= 4 is 22.0 Å². The Balaban J connectivity index is 1.99. The van der Waals surface area contributed by atoms with Gasteiger partial charge in [-0.3, -0.25) is 0 Å². The van der Waals surface area contributed by atoms with Gasteiger partial charge in [-0.1, -0.05) is 0 Å². The summed E-state index contributed by atoms with van der Waals surface area (Å²) in [5, 5.41) is 0. The number of rotatable bonds is 4. The average molecular weight is 303 g/mol. The molecule has 0 radical (unpaired) electrons. The van der Waals surface area contributed by atoms with Gasteiger partial charge in [0.15, 0.2) is 5.69 Å². The van der Waals surface area contributed by atoms with E-state index in [2.05, 4.69) is 4.98 Å². The van der Waals surface area contributed by atoms with Crippen LogP contribution in [0.3, 0.4) is 0 Å². The Hall–Kier alpha value is -1.61. The molecule has 8 nitrogen and oxygen atoms in total. The molecule has 0 N–H and O–H groups in total. The standard InChI is InChI=1S/C11H17N3O5S/c1-3-18-10(15)9-8-19-11(12-9)13-4-6-14(7-5-13)20(2,16)17/h8H,3-7H2,1-2H3. The Morgan fingerprint density at radius 3 is 2.60 bits per heavy atom. The highest BCUT2D eigenvalue weighted by molar-refractivity contribution is 7.88. The number of aromatic nitrogens is 1. The largest absolute Gasteiger partial charge is 0.461 e. The highest BCUT2D eigenvalue weighted by atomic mass is 32.2. The molecule has 0 atom stereocenters. The lowest BCUT2D eigenvalue weighted by Crippen LogP contribution is -2.48. The Bertz CT molecular complexity index is 575. The van der Waals surface area contributed by atoms with Crippen molar-refractivity contribution in [3.8, 4) is 0 Å². The summed E-state index contributed by atoms with van der Waals surface area (Å²) in [7, 11) is -3.17. The molecule has 1 aliphatic heterocycles. The summed E-state index contributed by atoms with van der Waals surface area (Å²) < 4.78 is 34.3. The van der Waals surface area contributed by atoms with E-state index >= 15 is 0 Å². The summed E-state index contributed by atoms with van der Waals surface area (Å²) in [5.74, 6) is -0.530. The molecule has 112 valence electrons. The quantitative estimate of drug-likeness (QED) is 0.719. The predicted molar refractivity (Wildman–Crippen MR) is 71.1 cm³/mol. The molecule has 1 aromatic heterocycles. The minimum absolute atomic E-state index is 0.118. The normalized spacial score (nSPS) is 17.2. The first-order valence-electron chi connectivity index (χ1n) is 6.24. The van der Waals surface area contributed by atoms with E-state index in [0.29, 0.717) is 32.2 Å². The van der Waals surface area contributed by atoms with Gasteiger partial charge in [-0.05, 0) is 6.92 Å². The Labute approximate surface area is 117 Å². The van der Waals surface area contributed by atoms with Gasteiger partial charge in [-0.25, -0.2) is 13.2 Å². The third-order valence-electron chi connectivity index (χ3n) is 2.95. The number of esters is 1. The molecule has 20 heavy (non-hydrogen) atoms. The minimum atomic E-state index is -3.17. The van der Waals surface area contributed by atoms with Crippen LogP contribution in [0.5, 0.6) is 0 Å². The number of nitrogens with zero attached hydrogens (tertiary/aromatic N) is 3. The fraction of sp³-hybridized carbons (Fsp3) is 0.636. The van der Waals surface area contributed by atoms with Crippen molar-refractivity contribution in [1.29, 1.82) is 0 Å². The van der Waals surface area contributed by atoms with Crippen LogP contribution in [0.15, 0.2) is 10.7 Å². The van der Waals surface area contributed by atoms with Crippen LogP contribution in [-0.4, -0.2) is 62.7 Å². The molecule has 0 aromatic carbocycles. The molecule has 0 amide bonds.